The molecule has 1 saturated carbocycles. The number of hydrogen-bond acceptors (Lipinski definition) is 5. The van der Waals surface area contributed by atoms with E-state index in [0.717, 1.165) is 21.7 Å². The monoisotopic (exact) mass is 257 g/mol. The summed E-state index contributed by atoms with van der Waals surface area (Å²) in [4.78, 5) is 0. The van der Waals surface area contributed by atoms with Crippen LogP contribution in [0.5, 0.6) is 0 Å². The molecule has 0 radical (unpaired) electrons. The first-order valence-electron chi connectivity index (χ1n) is 5.78. The molecule has 2 rings (SSSR count). The van der Waals surface area contributed by atoms with Gasteiger partial charge in [-0.3, -0.25) is 0 Å². The predicted molar refractivity (Wildman–Crippen MR) is 69.8 cm³/mol. The standard InChI is InChI=1S/C11H19N3S2/c1-6-4-7(2)10(9(12)5-6)16-11-14-13-8(3)15-11/h6-7,9-10H,4-5,12H2,1-3H3. The van der Waals surface area contributed by atoms with E-state index >= 15 is 0 Å². The minimum Gasteiger partial charge on any atom is -0.327 e. The molecule has 5 heteroatoms. The fourth-order valence-electron chi connectivity index (χ4n) is 2.53. The smallest absolute Gasteiger partial charge is 0.174 e. The second-order valence-electron chi connectivity index (χ2n) is 4.89. The number of hydrogen-bond donors (Lipinski definition) is 1. The number of aromatic nitrogens is 2. The van der Waals surface area contributed by atoms with Crippen LogP contribution in [0.4, 0.5) is 0 Å². The Bertz CT molecular complexity index is 341. The third-order valence-corrected chi connectivity index (χ3v) is 5.72. The van der Waals surface area contributed by atoms with Crippen molar-refractivity contribution in [1.82, 2.24) is 10.2 Å². The molecule has 16 heavy (non-hydrogen) atoms. The average Bonchev–Trinajstić information content (AvgIpc) is 2.58. The summed E-state index contributed by atoms with van der Waals surface area (Å²) in [5.41, 5.74) is 6.25. The van der Waals surface area contributed by atoms with Crippen molar-refractivity contribution < 1.29 is 0 Å². The topological polar surface area (TPSA) is 51.8 Å². The summed E-state index contributed by atoms with van der Waals surface area (Å²) in [5, 5.41) is 9.77. The van der Waals surface area contributed by atoms with Crippen LogP contribution in [0.1, 0.15) is 31.7 Å². The summed E-state index contributed by atoms with van der Waals surface area (Å²) in [6, 6.07) is 0.299. The maximum Gasteiger partial charge on any atom is 0.174 e. The minimum atomic E-state index is 0.299. The fourth-order valence-corrected chi connectivity index (χ4v) is 4.79. The average molecular weight is 257 g/mol. The minimum absolute atomic E-state index is 0.299. The van der Waals surface area contributed by atoms with Crippen LogP contribution in [0.3, 0.4) is 0 Å². The van der Waals surface area contributed by atoms with Gasteiger partial charge in [-0.25, -0.2) is 0 Å². The Morgan fingerprint density at radius 2 is 2.06 bits per heavy atom. The molecule has 4 unspecified atom stereocenters. The lowest BCUT2D eigenvalue weighted by Crippen LogP contribution is -2.42. The quantitative estimate of drug-likeness (QED) is 0.885. The second kappa shape index (κ2) is 5.02. The van der Waals surface area contributed by atoms with Crippen molar-refractivity contribution in [2.75, 3.05) is 0 Å². The van der Waals surface area contributed by atoms with Gasteiger partial charge >= 0.3 is 0 Å². The second-order valence-corrected chi connectivity index (χ2v) is 7.49. The largest absolute Gasteiger partial charge is 0.327 e. The van der Waals surface area contributed by atoms with E-state index < -0.39 is 0 Å². The molecule has 3 nitrogen and oxygen atoms in total. The SMILES string of the molecule is Cc1nnc(SC2C(C)CC(C)CC2N)s1. The van der Waals surface area contributed by atoms with Crippen molar-refractivity contribution in [2.45, 2.75) is 49.2 Å². The van der Waals surface area contributed by atoms with Crippen molar-refractivity contribution in [1.29, 1.82) is 0 Å². The molecule has 0 bridgehead atoms. The van der Waals surface area contributed by atoms with Gasteiger partial charge in [-0.1, -0.05) is 36.9 Å². The lowest BCUT2D eigenvalue weighted by atomic mass is 9.80. The van der Waals surface area contributed by atoms with E-state index in [1.165, 1.54) is 6.42 Å². The van der Waals surface area contributed by atoms with Gasteiger partial charge in [0, 0.05) is 11.3 Å². The van der Waals surface area contributed by atoms with E-state index in [-0.39, 0.29) is 0 Å². The molecule has 1 heterocycles. The molecular formula is C11H19N3S2. The number of thioether (sulfide) groups is 1. The van der Waals surface area contributed by atoms with Crippen molar-refractivity contribution >= 4 is 23.1 Å². The normalized spacial score (nSPS) is 35.2. The molecule has 1 aliphatic carbocycles. The van der Waals surface area contributed by atoms with Crippen LogP contribution in [0, 0.1) is 18.8 Å². The van der Waals surface area contributed by atoms with Gasteiger partial charge in [-0.15, -0.1) is 10.2 Å². The van der Waals surface area contributed by atoms with Crippen molar-refractivity contribution in [3.05, 3.63) is 5.01 Å². The fraction of sp³-hybridized carbons (Fsp3) is 0.818. The van der Waals surface area contributed by atoms with Crippen molar-refractivity contribution in [3.8, 4) is 0 Å². The highest BCUT2D eigenvalue weighted by Gasteiger charge is 2.33. The first-order valence-corrected chi connectivity index (χ1v) is 7.48. The van der Waals surface area contributed by atoms with E-state index in [0.29, 0.717) is 17.2 Å². The number of nitrogens with two attached hydrogens (primary N) is 1. The molecule has 0 spiro atoms. The maximum atomic E-state index is 6.25. The third kappa shape index (κ3) is 2.76. The lowest BCUT2D eigenvalue weighted by Gasteiger charge is -2.36. The molecule has 0 aromatic carbocycles. The van der Waals surface area contributed by atoms with Crippen LogP contribution in [0.2, 0.25) is 0 Å². The van der Waals surface area contributed by atoms with Gasteiger partial charge in [-0.2, -0.15) is 0 Å². The molecular weight excluding hydrogens is 238 g/mol. The Labute approximate surface area is 105 Å². The Morgan fingerprint density at radius 1 is 1.31 bits per heavy atom. The maximum absolute atomic E-state index is 6.25. The molecule has 1 aromatic heterocycles. The van der Waals surface area contributed by atoms with Crippen LogP contribution < -0.4 is 5.73 Å². The Hall–Kier alpha value is -0.130. The van der Waals surface area contributed by atoms with Crippen LogP contribution in [-0.2, 0) is 0 Å². The van der Waals surface area contributed by atoms with Crippen molar-refractivity contribution in [2.24, 2.45) is 17.6 Å². The molecule has 0 aliphatic heterocycles. The summed E-state index contributed by atoms with van der Waals surface area (Å²) >= 11 is 3.49. The summed E-state index contributed by atoms with van der Waals surface area (Å²) in [7, 11) is 0. The first-order chi connectivity index (χ1) is 7.56. The van der Waals surface area contributed by atoms with Crippen LogP contribution in [0.25, 0.3) is 0 Å². The van der Waals surface area contributed by atoms with Gasteiger partial charge in [0.1, 0.15) is 5.01 Å². The molecule has 1 aromatic rings. The summed E-state index contributed by atoms with van der Waals surface area (Å²) in [6.45, 7) is 6.60. The molecule has 90 valence electrons. The van der Waals surface area contributed by atoms with Gasteiger partial charge in [0.25, 0.3) is 0 Å². The zero-order valence-electron chi connectivity index (χ0n) is 10.0. The highest BCUT2D eigenvalue weighted by atomic mass is 32.2. The van der Waals surface area contributed by atoms with Crippen LogP contribution in [-0.4, -0.2) is 21.5 Å². The number of aryl methyl sites for hydroxylation is 1. The predicted octanol–water partition coefficient (Wildman–Crippen LogP) is 2.70. The molecule has 4 atom stereocenters. The molecule has 2 N–H and O–H groups in total. The van der Waals surface area contributed by atoms with E-state index in [2.05, 4.69) is 24.0 Å². The number of nitrogens with zero attached hydrogens (tertiary/aromatic N) is 2. The molecule has 0 saturated heterocycles. The molecule has 1 aliphatic rings. The Kier molecular flexibility index (Phi) is 3.87. The van der Waals surface area contributed by atoms with Gasteiger partial charge in [0.15, 0.2) is 4.34 Å². The van der Waals surface area contributed by atoms with Gasteiger partial charge < -0.3 is 5.73 Å². The van der Waals surface area contributed by atoms with E-state index in [4.69, 9.17) is 5.73 Å². The van der Waals surface area contributed by atoms with Gasteiger partial charge in [0.05, 0.1) is 0 Å². The first kappa shape index (κ1) is 12.3. The summed E-state index contributed by atoms with van der Waals surface area (Å²) < 4.78 is 1.07. The van der Waals surface area contributed by atoms with E-state index in [1.54, 1.807) is 11.3 Å². The van der Waals surface area contributed by atoms with Gasteiger partial charge in [-0.05, 0) is 31.6 Å². The van der Waals surface area contributed by atoms with Crippen molar-refractivity contribution in [3.63, 3.8) is 0 Å². The Morgan fingerprint density at radius 3 is 2.62 bits per heavy atom. The lowest BCUT2D eigenvalue weighted by molar-refractivity contribution is 0.279. The summed E-state index contributed by atoms with van der Waals surface area (Å²) in [5.74, 6) is 1.44. The zero-order valence-corrected chi connectivity index (χ0v) is 11.6. The van der Waals surface area contributed by atoms with Crippen LogP contribution in [0.15, 0.2) is 4.34 Å². The summed E-state index contributed by atoms with van der Waals surface area (Å²) in [6.07, 6.45) is 2.42. The Balaban J connectivity index is 2.03. The molecule has 1 fully saturated rings. The van der Waals surface area contributed by atoms with E-state index in [9.17, 15) is 0 Å². The number of rotatable bonds is 2. The van der Waals surface area contributed by atoms with Crippen LogP contribution >= 0.6 is 23.1 Å². The molecule has 0 amide bonds. The van der Waals surface area contributed by atoms with E-state index in [1.807, 2.05) is 18.7 Å². The third-order valence-electron chi connectivity index (χ3n) is 3.18. The zero-order chi connectivity index (χ0) is 11.7. The van der Waals surface area contributed by atoms with Gasteiger partial charge in [0.2, 0.25) is 0 Å². The highest BCUT2D eigenvalue weighted by Crippen LogP contribution is 2.39. The highest BCUT2D eigenvalue weighted by molar-refractivity contribution is 8.01.